The molecule has 0 radical (unpaired) electrons. The lowest BCUT2D eigenvalue weighted by atomic mass is 9.83. The van der Waals surface area contributed by atoms with E-state index in [9.17, 15) is 4.79 Å². The van der Waals surface area contributed by atoms with Crippen LogP contribution in [0.4, 0.5) is 0 Å². The lowest BCUT2D eigenvalue weighted by molar-refractivity contribution is -0.0967. The minimum atomic E-state index is -0.444. The van der Waals surface area contributed by atoms with Gasteiger partial charge < -0.3 is 15.4 Å². The molecule has 1 fully saturated rings. The van der Waals surface area contributed by atoms with E-state index in [-0.39, 0.29) is 18.3 Å². The van der Waals surface area contributed by atoms with Crippen molar-refractivity contribution >= 4 is 18.3 Å². The number of likely N-dealkylation sites (tertiary alicyclic amines) is 1. The summed E-state index contributed by atoms with van der Waals surface area (Å²) in [7, 11) is 0. The van der Waals surface area contributed by atoms with Crippen molar-refractivity contribution in [2.45, 2.75) is 31.4 Å². The molecule has 1 saturated heterocycles. The van der Waals surface area contributed by atoms with Crippen molar-refractivity contribution in [3.8, 4) is 11.4 Å². The van der Waals surface area contributed by atoms with Gasteiger partial charge in [-0.2, -0.15) is 0 Å². The van der Waals surface area contributed by atoms with Crippen LogP contribution in [0.25, 0.3) is 11.4 Å². The molecule has 0 saturated carbocycles. The highest BCUT2D eigenvalue weighted by atomic mass is 35.5. The Morgan fingerprint density at radius 2 is 1.78 bits per heavy atom. The van der Waals surface area contributed by atoms with E-state index in [0.29, 0.717) is 31.8 Å². The first-order chi connectivity index (χ1) is 15.2. The number of nitrogens with zero attached hydrogens (tertiary/aromatic N) is 3. The maximum Gasteiger partial charge on any atom is 0.253 e. The quantitative estimate of drug-likeness (QED) is 0.657. The van der Waals surface area contributed by atoms with Crippen molar-refractivity contribution in [2.75, 3.05) is 19.7 Å². The number of hydrogen-bond acceptors (Lipinski definition) is 5. The van der Waals surface area contributed by atoms with Crippen molar-refractivity contribution < 1.29 is 9.53 Å². The molecule has 0 atom stereocenters. The number of carbonyl (C=O) groups excluding carboxylic acids is 1. The van der Waals surface area contributed by atoms with Crippen LogP contribution in [0.3, 0.4) is 0 Å². The highest BCUT2D eigenvalue weighted by Crippen LogP contribution is 2.41. The van der Waals surface area contributed by atoms with Gasteiger partial charge in [-0.15, -0.1) is 12.4 Å². The number of carbonyl (C=O) groups is 1. The summed E-state index contributed by atoms with van der Waals surface area (Å²) in [4.78, 5) is 24.5. The van der Waals surface area contributed by atoms with Gasteiger partial charge in [0.2, 0.25) is 0 Å². The summed E-state index contributed by atoms with van der Waals surface area (Å²) in [5, 5.41) is 0. The van der Waals surface area contributed by atoms with Crippen LogP contribution in [0.15, 0.2) is 60.8 Å². The first-order valence-corrected chi connectivity index (χ1v) is 10.8. The summed E-state index contributed by atoms with van der Waals surface area (Å²) in [6.45, 7) is 2.42. The lowest BCUT2D eigenvalue weighted by Gasteiger charge is -2.44. The molecular weight excluding hydrogens is 424 g/mol. The molecule has 2 aliphatic heterocycles. The molecule has 1 amide bonds. The maximum atomic E-state index is 13.0. The van der Waals surface area contributed by atoms with E-state index in [1.165, 1.54) is 0 Å². The Balaban J connectivity index is 0.00000245. The Hall–Kier alpha value is -2.80. The zero-order valence-electron chi connectivity index (χ0n) is 17.9. The van der Waals surface area contributed by atoms with Crippen LogP contribution in [0, 0.1) is 0 Å². The van der Waals surface area contributed by atoms with Gasteiger partial charge in [0, 0.05) is 37.0 Å². The molecule has 166 valence electrons. The summed E-state index contributed by atoms with van der Waals surface area (Å²) in [6.07, 6.45) is 4.24. The predicted molar refractivity (Wildman–Crippen MR) is 126 cm³/mol. The number of hydrogen-bond donors (Lipinski definition) is 1. The Bertz CT molecular complexity index is 1080. The zero-order chi connectivity index (χ0) is 21.3. The van der Waals surface area contributed by atoms with Gasteiger partial charge in [-0.3, -0.25) is 4.79 Å². The standard InChI is InChI=1S/C25H26N4O2.ClH/c26-16-18-6-8-20(9-7-18)24(30)29-13-11-25(12-14-29)22-21(10-15-31-25)17-27-23(28-22)19-4-2-1-3-5-19;/h1-9,17H,10-16,26H2;1H. The second kappa shape index (κ2) is 9.36. The van der Waals surface area contributed by atoms with Crippen molar-refractivity contribution in [3.63, 3.8) is 0 Å². The maximum absolute atomic E-state index is 13.0. The number of aromatic nitrogens is 2. The number of halogens is 1. The molecule has 2 N–H and O–H groups in total. The smallest absolute Gasteiger partial charge is 0.253 e. The molecular formula is C25H27ClN4O2. The molecule has 1 aromatic heterocycles. The highest BCUT2D eigenvalue weighted by Gasteiger charge is 2.43. The number of fused-ring (bicyclic) bond motifs is 2. The summed E-state index contributed by atoms with van der Waals surface area (Å²) < 4.78 is 6.35. The predicted octanol–water partition coefficient (Wildman–Crippen LogP) is 3.73. The Morgan fingerprint density at radius 1 is 1.06 bits per heavy atom. The third-order valence-electron chi connectivity index (χ3n) is 6.37. The molecule has 2 aliphatic rings. The van der Waals surface area contributed by atoms with Gasteiger partial charge in [0.15, 0.2) is 5.82 Å². The molecule has 5 rings (SSSR count). The molecule has 3 aromatic rings. The van der Waals surface area contributed by atoms with E-state index >= 15 is 0 Å². The third-order valence-corrected chi connectivity index (χ3v) is 6.37. The van der Waals surface area contributed by atoms with Gasteiger partial charge in [0.05, 0.1) is 12.3 Å². The normalized spacial score (nSPS) is 16.8. The fourth-order valence-corrected chi connectivity index (χ4v) is 4.55. The number of piperidine rings is 1. The van der Waals surface area contributed by atoms with E-state index in [1.807, 2.05) is 65.7 Å². The Labute approximate surface area is 194 Å². The van der Waals surface area contributed by atoms with E-state index < -0.39 is 5.60 Å². The van der Waals surface area contributed by atoms with E-state index in [2.05, 4.69) is 4.98 Å². The van der Waals surface area contributed by atoms with Crippen LogP contribution < -0.4 is 5.73 Å². The van der Waals surface area contributed by atoms with Crippen LogP contribution in [0.1, 0.15) is 40.0 Å². The molecule has 0 bridgehead atoms. The average molecular weight is 451 g/mol. The van der Waals surface area contributed by atoms with E-state index in [1.54, 1.807) is 0 Å². The largest absolute Gasteiger partial charge is 0.368 e. The second-order valence-corrected chi connectivity index (χ2v) is 8.22. The molecule has 32 heavy (non-hydrogen) atoms. The molecule has 1 spiro atoms. The van der Waals surface area contributed by atoms with Gasteiger partial charge in [-0.05, 0) is 42.5 Å². The topological polar surface area (TPSA) is 81.3 Å². The van der Waals surface area contributed by atoms with Crippen molar-refractivity contribution in [1.82, 2.24) is 14.9 Å². The molecule has 2 aromatic carbocycles. The van der Waals surface area contributed by atoms with E-state index in [0.717, 1.165) is 47.5 Å². The van der Waals surface area contributed by atoms with Crippen LogP contribution in [-0.4, -0.2) is 40.5 Å². The minimum Gasteiger partial charge on any atom is -0.368 e. The lowest BCUT2D eigenvalue weighted by Crippen LogP contribution is -2.49. The van der Waals surface area contributed by atoms with Crippen LogP contribution in [-0.2, 0) is 23.3 Å². The fraction of sp³-hybridized carbons (Fsp3) is 0.320. The first kappa shape index (κ1) is 22.4. The minimum absolute atomic E-state index is 0. The van der Waals surface area contributed by atoms with Gasteiger partial charge >= 0.3 is 0 Å². The van der Waals surface area contributed by atoms with Crippen molar-refractivity contribution in [1.29, 1.82) is 0 Å². The fourth-order valence-electron chi connectivity index (χ4n) is 4.55. The van der Waals surface area contributed by atoms with Crippen LogP contribution in [0.2, 0.25) is 0 Å². The molecule has 3 heterocycles. The number of benzene rings is 2. The van der Waals surface area contributed by atoms with Gasteiger partial charge in [-0.25, -0.2) is 9.97 Å². The number of amides is 1. The van der Waals surface area contributed by atoms with Gasteiger partial charge in [0.1, 0.15) is 5.60 Å². The molecule has 0 unspecified atom stereocenters. The number of ether oxygens (including phenoxy) is 1. The first-order valence-electron chi connectivity index (χ1n) is 10.8. The number of nitrogens with two attached hydrogens (primary N) is 1. The van der Waals surface area contributed by atoms with Gasteiger partial charge in [-0.1, -0.05) is 42.5 Å². The van der Waals surface area contributed by atoms with Gasteiger partial charge in [0.25, 0.3) is 5.91 Å². The SMILES string of the molecule is Cl.NCc1ccc(C(=O)N2CCC3(CC2)OCCc2cnc(-c4ccccc4)nc23)cc1. The van der Waals surface area contributed by atoms with Crippen LogP contribution >= 0.6 is 12.4 Å². The monoisotopic (exact) mass is 450 g/mol. The Morgan fingerprint density at radius 3 is 2.47 bits per heavy atom. The summed E-state index contributed by atoms with van der Waals surface area (Å²) in [5.41, 5.74) is 10.1. The van der Waals surface area contributed by atoms with Crippen LogP contribution in [0.5, 0.6) is 0 Å². The van der Waals surface area contributed by atoms with Crippen molar-refractivity contribution in [3.05, 3.63) is 83.2 Å². The number of rotatable bonds is 3. The molecule has 6 nitrogen and oxygen atoms in total. The molecule has 7 heteroatoms. The average Bonchev–Trinajstić information content (AvgIpc) is 2.85. The summed E-state index contributed by atoms with van der Waals surface area (Å²) in [6, 6.07) is 17.6. The zero-order valence-corrected chi connectivity index (χ0v) is 18.7. The second-order valence-electron chi connectivity index (χ2n) is 8.22. The van der Waals surface area contributed by atoms with Crippen molar-refractivity contribution in [2.24, 2.45) is 5.73 Å². The third kappa shape index (κ3) is 4.13. The molecule has 0 aliphatic carbocycles. The highest BCUT2D eigenvalue weighted by molar-refractivity contribution is 5.94. The summed E-state index contributed by atoms with van der Waals surface area (Å²) >= 11 is 0. The summed E-state index contributed by atoms with van der Waals surface area (Å²) in [5.74, 6) is 0.782. The Kier molecular flexibility index (Phi) is 6.55. The van der Waals surface area contributed by atoms with E-state index in [4.69, 9.17) is 15.5 Å².